The van der Waals surface area contributed by atoms with Crippen molar-refractivity contribution in [3.8, 4) is 0 Å². The van der Waals surface area contributed by atoms with Crippen LogP contribution in [-0.4, -0.2) is 70.7 Å². The molecule has 0 radical (unpaired) electrons. The van der Waals surface area contributed by atoms with Gasteiger partial charge in [0.15, 0.2) is 0 Å². The Hall–Kier alpha value is -2.82. The van der Waals surface area contributed by atoms with Crippen LogP contribution in [-0.2, 0) is 20.9 Å². The number of rotatable bonds is 10. The summed E-state index contributed by atoms with van der Waals surface area (Å²) in [4.78, 5) is 37.2. The molecule has 0 spiro atoms. The number of hydrogen-bond donors (Lipinski definition) is 2. The summed E-state index contributed by atoms with van der Waals surface area (Å²) in [5.74, 6) is -0.180. The molecule has 2 N–H and O–H groups in total. The number of likely N-dealkylation sites (tertiary alicyclic amines) is 1. The first kappa shape index (κ1) is 30.2. The predicted octanol–water partition coefficient (Wildman–Crippen LogP) is 6.43. The number of morpholine rings is 1. The number of carbonyl (C=O) groups is 2. The maximum Gasteiger partial charge on any atom is 0.239 e. The minimum atomic E-state index is -1.10. The Morgan fingerprint density at radius 2 is 1.86 bits per heavy atom. The summed E-state index contributed by atoms with van der Waals surface area (Å²) >= 11 is 11.3. The average Bonchev–Trinajstić information content (AvgIpc) is 3.54. The van der Waals surface area contributed by atoms with Gasteiger partial charge in [0.2, 0.25) is 11.8 Å². The summed E-state index contributed by atoms with van der Waals surface area (Å²) in [7, 11) is 0. The van der Waals surface area contributed by atoms with Crippen LogP contribution in [0, 0.1) is 0 Å². The highest BCUT2D eigenvalue weighted by Crippen LogP contribution is 2.54. The second-order valence-electron chi connectivity index (χ2n) is 11.0. The Balaban J connectivity index is 1.38. The van der Waals surface area contributed by atoms with Gasteiger partial charge < -0.3 is 19.9 Å². The molecule has 0 aliphatic carbocycles. The van der Waals surface area contributed by atoms with Gasteiger partial charge in [-0.1, -0.05) is 57.9 Å². The van der Waals surface area contributed by atoms with Crippen LogP contribution in [0.15, 0.2) is 88.4 Å². The fourth-order valence-corrected chi connectivity index (χ4v) is 7.99. The van der Waals surface area contributed by atoms with E-state index in [-0.39, 0.29) is 18.2 Å². The smallest absolute Gasteiger partial charge is 0.239 e. The molecule has 3 aromatic carbocycles. The standard InChI is InChI=1S/C33H34BrClN4O3S/c34-24-9-12-29-27(19-24)28(21-37-29)31-33(43-26-5-2-1-3-6-26,32(41)36-13-4-14-38-15-17-42-18-16-38)20-30(40)39(31)22-23-7-10-25(35)11-8-23/h1-3,5-12,19,21,31,37H,4,13-18,20,22H2,(H,36,41)/t31-,33?/m0/s1. The van der Waals surface area contributed by atoms with Crippen molar-refractivity contribution in [1.82, 2.24) is 20.1 Å². The van der Waals surface area contributed by atoms with Gasteiger partial charge in [0.1, 0.15) is 4.75 Å². The van der Waals surface area contributed by atoms with Crippen molar-refractivity contribution >= 4 is 62.0 Å². The third kappa shape index (κ3) is 6.66. The summed E-state index contributed by atoms with van der Waals surface area (Å²) in [6, 6.07) is 23.0. The lowest BCUT2D eigenvalue weighted by Gasteiger charge is -2.36. The second-order valence-corrected chi connectivity index (χ2v) is 13.8. The molecule has 0 saturated carbocycles. The molecule has 2 amide bonds. The van der Waals surface area contributed by atoms with Crippen LogP contribution in [0.5, 0.6) is 0 Å². The second kappa shape index (κ2) is 13.4. The lowest BCUT2D eigenvalue weighted by atomic mass is 9.91. The molecule has 10 heteroatoms. The Morgan fingerprint density at radius 1 is 1.09 bits per heavy atom. The van der Waals surface area contributed by atoms with Crippen molar-refractivity contribution in [2.24, 2.45) is 0 Å². The van der Waals surface area contributed by atoms with E-state index in [1.807, 2.05) is 77.8 Å². The van der Waals surface area contributed by atoms with Crippen molar-refractivity contribution in [3.63, 3.8) is 0 Å². The molecule has 6 rings (SSSR count). The Kier molecular flexibility index (Phi) is 9.45. The minimum absolute atomic E-state index is 0.0591. The van der Waals surface area contributed by atoms with Crippen LogP contribution in [0.4, 0.5) is 0 Å². The first-order chi connectivity index (χ1) is 20.9. The SMILES string of the molecule is O=C1CC(Sc2ccccc2)(C(=O)NCCCN2CCOCC2)[C@H](c2c[nH]c3ccc(Br)cc23)N1Cc1ccc(Cl)cc1. The van der Waals surface area contributed by atoms with E-state index in [9.17, 15) is 9.59 Å². The minimum Gasteiger partial charge on any atom is -0.379 e. The highest BCUT2D eigenvalue weighted by molar-refractivity contribution is 9.10. The predicted molar refractivity (Wildman–Crippen MR) is 175 cm³/mol. The number of halogens is 2. The summed E-state index contributed by atoms with van der Waals surface area (Å²) in [5, 5.41) is 4.87. The molecular formula is C33H34BrClN4O3S. The third-order valence-corrected chi connectivity index (χ3v) is 10.4. The molecule has 2 saturated heterocycles. The van der Waals surface area contributed by atoms with Crippen LogP contribution in [0.2, 0.25) is 5.02 Å². The van der Waals surface area contributed by atoms with Crippen LogP contribution in [0.3, 0.4) is 0 Å². The fourth-order valence-electron chi connectivity index (χ4n) is 6.06. The van der Waals surface area contributed by atoms with Gasteiger partial charge in [-0.15, -0.1) is 11.8 Å². The normalized spacial score (nSPS) is 21.0. The third-order valence-electron chi connectivity index (χ3n) is 8.19. The summed E-state index contributed by atoms with van der Waals surface area (Å²) in [6.07, 6.45) is 2.87. The number of hydrogen-bond acceptors (Lipinski definition) is 5. The molecule has 0 bridgehead atoms. The number of benzene rings is 3. The molecule has 43 heavy (non-hydrogen) atoms. The summed E-state index contributed by atoms with van der Waals surface area (Å²) in [5.41, 5.74) is 2.83. The molecule has 1 aromatic heterocycles. The van der Waals surface area contributed by atoms with E-state index in [1.165, 1.54) is 11.8 Å². The highest BCUT2D eigenvalue weighted by atomic mass is 79.9. The van der Waals surface area contributed by atoms with Crippen LogP contribution < -0.4 is 5.32 Å². The molecular weight excluding hydrogens is 648 g/mol. The van der Waals surface area contributed by atoms with Gasteiger partial charge in [0, 0.05) is 63.2 Å². The highest BCUT2D eigenvalue weighted by Gasteiger charge is 2.58. The van der Waals surface area contributed by atoms with Crippen molar-refractivity contribution in [2.75, 3.05) is 39.4 Å². The molecule has 224 valence electrons. The number of aromatic nitrogens is 1. The van der Waals surface area contributed by atoms with E-state index in [2.05, 4.69) is 37.2 Å². The Morgan fingerprint density at radius 3 is 2.63 bits per heavy atom. The van der Waals surface area contributed by atoms with E-state index >= 15 is 0 Å². The molecule has 2 fully saturated rings. The number of nitrogens with one attached hydrogen (secondary N) is 2. The van der Waals surface area contributed by atoms with Crippen LogP contribution >= 0.6 is 39.3 Å². The van der Waals surface area contributed by atoms with E-state index in [0.29, 0.717) is 18.1 Å². The number of nitrogens with zero attached hydrogens (tertiary/aromatic N) is 2. The monoisotopic (exact) mass is 680 g/mol. The van der Waals surface area contributed by atoms with Crippen molar-refractivity contribution in [1.29, 1.82) is 0 Å². The zero-order chi connectivity index (χ0) is 29.8. The number of aromatic amines is 1. The quantitative estimate of drug-likeness (QED) is 0.189. The number of H-pyrrole nitrogens is 1. The first-order valence-corrected chi connectivity index (χ1v) is 16.5. The number of ether oxygens (including phenoxy) is 1. The molecule has 1 unspecified atom stereocenters. The molecule has 7 nitrogen and oxygen atoms in total. The van der Waals surface area contributed by atoms with Crippen molar-refractivity contribution in [3.05, 3.63) is 99.6 Å². The van der Waals surface area contributed by atoms with Gasteiger partial charge in [0.25, 0.3) is 0 Å². The van der Waals surface area contributed by atoms with Gasteiger partial charge in [-0.05, 0) is 61.0 Å². The fraction of sp³-hybridized carbons (Fsp3) is 0.333. The number of thioether (sulfide) groups is 1. The van der Waals surface area contributed by atoms with Gasteiger partial charge in [0.05, 0.1) is 25.7 Å². The van der Waals surface area contributed by atoms with E-state index in [1.54, 1.807) is 0 Å². The largest absolute Gasteiger partial charge is 0.379 e. The molecule has 2 aliphatic rings. The van der Waals surface area contributed by atoms with Gasteiger partial charge in [-0.25, -0.2) is 0 Å². The topological polar surface area (TPSA) is 77.7 Å². The summed E-state index contributed by atoms with van der Waals surface area (Å²) < 4.78 is 5.31. The molecule has 2 aliphatic heterocycles. The average molecular weight is 682 g/mol. The number of carbonyl (C=O) groups excluding carboxylic acids is 2. The number of fused-ring (bicyclic) bond motifs is 1. The zero-order valence-corrected chi connectivity index (χ0v) is 26.9. The van der Waals surface area contributed by atoms with E-state index in [0.717, 1.165) is 70.7 Å². The van der Waals surface area contributed by atoms with Gasteiger partial charge in [-0.2, -0.15) is 0 Å². The maximum absolute atomic E-state index is 14.5. The molecule has 4 aromatic rings. The van der Waals surface area contributed by atoms with E-state index in [4.69, 9.17) is 16.3 Å². The maximum atomic E-state index is 14.5. The first-order valence-electron chi connectivity index (χ1n) is 14.6. The lowest BCUT2D eigenvalue weighted by Crippen LogP contribution is -2.48. The Labute approximate surface area is 269 Å². The van der Waals surface area contributed by atoms with Crippen LogP contribution in [0.25, 0.3) is 10.9 Å². The van der Waals surface area contributed by atoms with Gasteiger partial charge >= 0.3 is 0 Å². The van der Waals surface area contributed by atoms with E-state index < -0.39 is 10.8 Å². The number of amides is 2. The van der Waals surface area contributed by atoms with Crippen LogP contribution in [0.1, 0.15) is 30.0 Å². The zero-order valence-electron chi connectivity index (χ0n) is 23.7. The summed E-state index contributed by atoms with van der Waals surface area (Å²) in [6.45, 7) is 5.11. The van der Waals surface area contributed by atoms with Gasteiger partial charge in [-0.3, -0.25) is 14.5 Å². The lowest BCUT2D eigenvalue weighted by molar-refractivity contribution is -0.129. The molecule has 3 heterocycles. The molecule has 2 atom stereocenters. The van der Waals surface area contributed by atoms with Crippen molar-refractivity contribution in [2.45, 2.75) is 35.1 Å². The van der Waals surface area contributed by atoms with Crippen molar-refractivity contribution < 1.29 is 14.3 Å². The Bertz CT molecular complexity index is 1580.